The molecule has 0 heterocycles. The average molecular weight is 209 g/mol. The van der Waals surface area contributed by atoms with Gasteiger partial charge in [0.2, 0.25) is 0 Å². The van der Waals surface area contributed by atoms with Crippen molar-refractivity contribution in [2.24, 2.45) is 0 Å². The minimum atomic E-state index is -1.37. The number of hydrogen-bond acceptors (Lipinski definition) is 2. The van der Waals surface area contributed by atoms with Crippen molar-refractivity contribution in [1.82, 2.24) is 0 Å². The molecule has 0 saturated carbocycles. The summed E-state index contributed by atoms with van der Waals surface area (Å²) in [6, 6.07) is 0. The Morgan fingerprint density at radius 2 is 2.00 bits per heavy atom. The molecule has 0 aromatic heterocycles. The van der Waals surface area contributed by atoms with E-state index in [1.807, 2.05) is 0 Å². The van der Waals surface area contributed by atoms with Crippen LogP contribution in [0.25, 0.3) is 0 Å². The van der Waals surface area contributed by atoms with Gasteiger partial charge >= 0.3 is 5.97 Å². The molecule has 0 rings (SSSR count). The molecule has 0 aromatic rings. The lowest BCUT2D eigenvalue weighted by Crippen LogP contribution is -2.38. The first kappa shape index (κ1) is 9.62. The van der Waals surface area contributed by atoms with Crippen molar-refractivity contribution in [3.8, 4) is 0 Å². The Balaban J connectivity index is 4.55. The van der Waals surface area contributed by atoms with Gasteiger partial charge in [-0.1, -0.05) is 22.9 Å². The third kappa shape index (κ3) is 1.56. The summed E-state index contributed by atoms with van der Waals surface area (Å²) in [4.78, 5) is 21.1. The Kier molecular flexibility index (Phi) is 3.02. The highest BCUT2D eigenvalue weighted by atomic mass is 79.9. The van der Waals surface area contributed by atoms with Crippen molar-refractivity contribution >= 4 is 27.7 Å². The van der Waals surface area contributed by atoms with E-state index >= 15 is 0 Å². The summed E-state index contributed by atoms with van der Waals surface area (Å²) < 4.78 is -1.37. The molecule has 1 N–H and O–H groups in total. The van der Waals surface area contributed by atoms with Gasteiger partial charge in [0.05, 0.1) is 0 Å². The molecule has 0 aliphatic rings. The van der Waals surface area contributed by atoms with Crippen LogP contribution >= 0.6 is 15.9 Å². The van der Waals surface area contributed by atoms with Crippen molar-refractivity contribution in [3.05, 3.63) is 0 Å². The maximum absolute atomic E-state index is 10.7. The standard InChI is InChI=1S/C6H9BrO3/c1-3-6(7,4(2)8)5(9)10/h3H2,1-2H3,(H,9,10). The molecule has 58 valence electrons. The predicted molar refractivity (Wildman–Crippen MR) is 40.3 cm³/mol. The van der Waals surface area contributed by atoms with Crippen LogP contribution in [0.5, 0.6) is 0 Å². The van der Waals surface area contributed by atoms with Crippen LogP contribution in [-0.4, -0.2) is 21.2 Å². The van der Waals surface area contributed by atoms with Crippen LogP contribution in [-0.2, 0) is 9.59 Å². The summed E-state index contributed by atoms with van der Waals surface area (Å²) in [5, 5.41) is 8.54. The van der Waals surface area contributed by atoms with E-state index in [4.69, 9.17) is 5.11 Å². The van der Waals surface area contributed by atoms with Crippen LogP contribution in [0.1, 0.15) is 20.3 Å². The SMILES string of the molecule is CCC(Br)(C(C)=O)C(=O)O. The molecular weight excluding hydrogens is 200 g/mol. The zero-order valence-electron chi connectivity index (χ0n) is 5.85. The van der Waals surface area contributed by atoms with Gasteiger partial charge in [-0.05, 0) is 13.3 Å². The van der Waals surface area contributed by atoms with Crippen molar-refractivity contribution in [1.29, 1.82) is 0 Å². The second-order valence-electron chi connectivity index (χ2n) is 2.02. The van der Waals surface area contributed by atoms with Crippen LogP contribution in [0.4, 0.5) is 0 Å². The fraction of sp³-hybridized carbons (Fsp3) is 0.667. The first-order chi connectivity index (χ1) is 4.45. The number of ketones is 1. The Morgan fingerprint density at radius 1 is 1.60 bits per heavy atom. The fourth-order valence-electron chi connectivity index (χ4n) is 0.551. The second-order valence-corrected chi connectivity index (χ2v) is 3.37. The number of hydrogen-bond donors (Lipinski definition) is 1. The molecule has 0 fully saturated rings. The average Bonchev–Trinajstić information content (AvgIpc) is 1.85. The molecule has 0 aliphatic heterocycles. The van der Waals surface area contributed by atoms with Gasteiger partial charge in [0.1, 0.15) is 0 Å². The van der Waals surface area contributed by atoms with Crippen molar-refractivity contribution < 1.29 is 14.7 Å². The molecule has 0 radical (unpaired) electrons. The van der Waals surface area contributed by atoms with E-state index in [9.17, 15) is 9.59 Å². The van der Waals surface area contributed by atoms with Crippen LogP contribution in [0.2, 0.25) is 0 Å². The Morgan fingerprint density at radius 3 is 2.00 bits per heavy atom. The van der Waals surface area contributed by atoms with Crippen LogP contribution in [0.15, 0.2) is 0 Å². The van der Waals surface area contributed by atoms with Crippen LogP contribution < -0.4 is 0 Å². The number of aliphatic carboxylic acids is 1. The van der Waals surface area contributed by atoms with E-state index in [-0.39, 0.29) is 12.2 Å². The Hall–Kier alpha value is -0.380. The number of alkyl halides is 1. The number of rotatable bonds is 3. The summed E-state index contributed by atoms with van der Waals surface area (Å²) in [6.07, 6.45) is 0.262. The summed E-state index contributed by atoms with van der Waals surface area (Å²) in [6.45, 7) is 2.90. The lowest BCUT2D eigenvalue weighted by atomic mass is 10.0. The highest BCUT2D eigenvalue weighted by molar-refractivity contribution is 9.10. The third-order valence-corrected chi connectivity index (χ3v) is 2.84. The monoisotopic (exact) mass is 208 g/mol. The fourth-order valence-corrected chi connectivity index (χ4v) is 0.551. The summed E-state index contributed by atoms with van der Waals surface area (Å²) in [5.41, 5.74) is 0. The number of carbonyl (C=O) groups is 2. The highest BCUT2D eigenvalue weighted by Crippen LogP contribution is 2.23. The number of carbonyl (C=O) groups excluding carboxylic acids is 1. The first-order valence-electron chi connectivity index (χ1n) is 2.88. The molecule has 0 aliphatic carbocycles. The zero-order chi connectivity index (χ0) is 8.36. The maximum Gasteiger partial charge on any atom is 0.328 e. The van der Waals surface area contributed by atoms with Crippen molar-refractivity contribution in [2.45, 2.75) is 24.6 Å². The lowest BCUT2D eigenvalue weighted by molar-refractivity contribution is -0.143. The van der Waals surface area contributed by atoms with E-state index in [2.05, 4.69) is 15.9 Å². The predicted octanol–water partition coefficient (Wildman–Crippen LogP) is 1.20. The van der Waals surface area contributed by atoms with E-state index in [1.165, 1.54) is 6.92 Å². The van der Waals surface area contributed by atoms with E-state index in [0.29, 0.717) is 0 Å². The van der Waals surface area contributed by atoms with Crippen LogP contribution in [0.3, 0.4) is 0 Å². The summed E-state index contributed by atoms with van der Waals surface area (Å²) >= 11 is 2.86. The molecule has 10 heavy (non-hydrogen) atoms. The largest absolute Gasteiger partial charge is 0.480 e. The Bertz CT molecular complexity index is 150. The van der Waals surface area contributed by atoms with Gasteiger partial charge in [0, 0.05) is 0 Å². The van der Waals surface area contributed by atoms with Crippen molar-refractivity contribution in [2.75, 3.05) is 0 Å². The van der Waals surface area contributed by atoms with E-state index < -0.39 is 10.3 Å². The second kappa shape index (κ2) is 3.14. The van der Waals surface area contributed by atoms with Gasteiger partial charge in [-0.15, -0.1) is 0 Å². The van der Waals surface area contributed by atoms with Crippen LogP contribution in [0, 0.1) is 0 Å². The summed E-state index contributed by atoms with van der Waals surface area (Å²) in [7, 11) is 0. The van der Waals surface area contributed by atoms with Gasteiger partial charge in [-0.25, -0.2) is 0 Å². The lowest BCUT2D eigenvalue weighted by Gasteiger charge is -2.15. The number of carboxylic acid groups (broad SMARTS) is 1. The summed E-state index contributed by atoms with van der Waals surface area (Å²) in [5.74, 6) is -1.50. The maximum atomic E-state index is 10.7. The molecule has 0 amide bonds. The van der Waals surface area contributed by atoms with Crippen molar-refractivity contribution in [3.63, 3.8) is 0 Å². The molecule has 0 aromatic carbocycles. The topological polar surface area (TPSA) is 54.4 Å². The molecule has 0 bridgehead atoms. The van der Waals surface area contributed by atoms with Gasteiger partial charge in [0.25, 0.3) is 0 Å². The smallest absolute Gasteiger partial charge is 0.328 e. The molecule has 4 heteroatoms. The third-order valence-electron chi connectivity index (χ3n) is 1.38. The number of halogens is 1. The first-order valence-corrected chi connectivity index (χ1v) is 3.67. The molecule has 0 saturated heterocycles. The van der Waals surface area contributed by atoms with Gasteiger partial charge < -0.3 is 5.11 Å². The Labute approximate surface area is 67.5 Å². The quantitative estimate of drug-likeness (QED) is 0.561. The molecule has 3 nitrogen and oxygen atoms in total. The highest BCUT2D eigenvalue weighted by Gasteiger charge is 2.38. The van der Waals surface area contributed by atoms with Gasteiger partial charge in [-0.2, -0.15) is 0 Å². The molecule has 0 spiro atoms. The van der Waals surface area contributed by atoms with E-state index in [0.717, 1.165) is 0 Å². The molecule has 1 unspecified atom stereocenters. The van der Waals surface area contributed by atoms with Gasteiger partial charge in [0.15, 0.2) is 10.1 Å². The number of carboxylic acids is 1. The molecule has 1 atom stereocenters. The molecular formula is C6H9BrO3. The zero-order valence-corrected chi connectivity index (χ0v) is 7.43. The minimum absolute atomic E-state index is 0.262. The normalized spacial score (nSPS) is 15.9. The number of Topliss-reactive ketones (excluding diaryl/α,β-unsaturated/α-hetero) is 1. The minimum Gasteiger partial charge on any atom is -0.480 e. The van der Waals surface area contributed by atoms with Gasteiger partial charge in [-0.3, -0.25) is 9.59 Å². The van der Waals surface area contributed by atoms with E-state index in [1.54, 1.807) is 6.92 Å².